The number of hydrogen-bond donors (Lipinski definition) is 0. The van der Waals surface area contributed by atoms with Gasteiger partial charge in [0.25, 0.3) is 0 Å². The smallest absolute Gasteiger partial charge is 0.182 e. The predicted octanol–water partition coefficient (Wildman–Crippen LogP) is 3.98. The third-order valence-corrected chi connectivity index (χ3v) is 4.49. The van der Waals surface area contributed by atoms with E-state index in [1.165, 1.54) is 0 Å². The number of nitrogens with zero attached hydrogens (tertiary/aromatic N) is 2. The number of para-hydroxylation sites is 1. The molecule has 1 aliphatic heterocycles. The normalized spacial score (nSPS) is 13.7. The molecule has 2 aromatic carbocycles. The molecule has 0 spiro atoms. The fourth-order valence-electron chi connectivity index (χ4n) is 3.09. The maximum Gasteiger partial charge on any atom is 0.182 e. The summed E-state index contributed by atoms with van der Waals surface area (Å²) in [4.78, 5) is 19.6. The van der Waals surface area contributed by atoms with Crippen LogP contribution in [-0.4, -0.2) is 38.9 Å². The minimum absolute atomic E-state index is 0.0167. The Bertz CT molecular complexity index is 787. The summed E-state index contributed by atoms with van der Waals surface area (Å²) in [5.74, 6) is 2.17. The molecule has 3 rings (SSSR count). The highest BCUT2D eigenvalue weighted by atomic mass is 16.5. The first-order valence-electron chi connectivity index (χ1n) is 8.84. The Morgan fingerprint density at radius 1 is 1.04 bits per heavy atom. The molecule has 1 heterocycles. The SMILES string of the molecule is COc1ccc(C(=O)CN(C2=NCCCC2)c2ccccc2)cc1OC. The number of amidine groups is 1. The second-order valence-corrected chi connectivity index (χ2v) is 6.17. The molecule has 26 heavy (non-hydrogen) atoms. The average molecular weight is 352 g/mol. The fraction of sp³-hybridized carbons (Fsp3) is 0.333. The second kappa shape index (κ2) is 8.52. The molecule has 0 amide bonds. The maximum absolute atomic E-state index is 12.9. The number of aliphatic imine (C=N–C) groups is 1. The van der Waals surface area contributed by atoms with Crippen LogP contribution in [0.25, 0.3) is 0 Å². The quantitative estimate of drug-likeness (QED) is 0.738. The van der Waals surface area contributed by atoms with Gasteiger partial charge in [0.05, 0.1) is 20.8 Å². The molecule has 0 atom stereocenters. The van der Waals surface area contributed by atoms with Gasteiger partial charge in [-0.25, -0.2) is 0 Å². The van der Waals surface area contributed by atoms with Crippen molar-refractivity contribution in [2.75, 3.05) is 32.2 Å². The number of carbonyl (C=O) groups is 1. The summed E-state index contributed by atoms with van der Waals surface area (Å²) in [5, 5.41) is 0. The molecule has 0 N–H and O–H groups in total. The van der Waals surface area contributed by atoms with Crippen LogP contribution in [0.1, 0.15) is 29.6 Å². The highest BCUT2D eigenvalue weighted by Crippen LogP contribution is 2.28. The highest BCUT2D eigenvalue weighted by molar-refractivity contribution is 6.07. The molecule has 0 aliphatic carbocycles. The molecule has 0 bridgehead atoms. The monoisotopic (exact) mass is 352 g/mol. The zero-order valence-electron chi connectivity index (χ0n) is 15.3. The van der Waals surface area contributed by atoms with Crippen LogP contribution in [0.5, 0.6) is 11.5 Å². The molecule has 0 saturated carbocycles. The van der Waals surface area contributed by atoms with Gasteiger partial charge in [-0.1, -0.05) is 18.2 Å². The van der Waals surface area contributed by atoms with Crippen molar-refractivity contribution < 1.29 is 14.3 Å². The number of carbonyl (C=O) groups excluding carboxylic acids is 1. The van der Waals surface area contributed by atoms with E-state index in [9.17, 15) is 4.79 Å². The molecule has 5 heteroatoms. The number of anilines is 1. The van der Waals surface area contributed by atoms with E-state index in [0.29, 0.717) is 17.1 Å². The van der Waals surface area contributed by atoms with Gasteiger partial charge in [-0.05, 0) is 43.2 Å². The van der Waals surface area contributed by atoms with Crippen molar-refractivity contribution >= 4 is 17.3 Å². The number of hydrogen-bond acceptors (Lipinski definition) is 5. The topological polar surface area (TPSA) is 51.1 Å². The Morgan fingerprint density at radius 3 is 2.46 bits per heavy atom. The summed E-state index contributed by atoms with van der Waals surface area (Å²) in [6.07, 6.45) is 3.11. The van der Waals surface area contributed by atoms with Gasteiger partial charge < -0.3 is 14.4 Å². The summed E-state index contributed by atoms with van der Waals surface area (Å²) in [7, 11) is 3.15. The number of Topliss-reactive ketones (excluding diaryl/α,β-unsaturated/α-hetero) is 1. The van der Waals surface area contributed by atoms with E-state index in [1.54, 1.807) is 32.4 Å². The van der Waals surface area contributed by atoms with E-state index in [1.807, 2.05) is 35.2 Å². The van der Waals surface area contributed by atoms with Gasteiger partial charge in [-0.15, -0.1) is 0 Å². The first kappa shape index (κ1) is 18.0. The van der Waals surface area contributed by atoms with Gasteiger partial charge in [0.15, 0.2) is 17.3 Å². The van der Waals surface area contributed by atoms with Crippen LogP contribution in [0.15, 0.2) is 53.5 Å². The van der Waals surface area contributed by atoms with Crippen molar-refractivity contribution in [3.63, 3.8) is 0 Å². The molecule has 0 saturated heterocycles. The largest absolute Gasteiger partial charge is 0.493 e. The van der Waals surface area contributed by atoms with E-state index < -0.39 is 0 Å². The van der Waals surface area contributed by atoms with Crippen LogP contribution in [0, 0.1) is 0 Å². The minimum atomic E-state index is 0.0167. The molecular weight excluding hydrogens is 328 g/mol. The Morgan fingerprint density at radius 2 is 1.81 bits per heavy atom. The van der Waals surface area contributed by atoms with E-state index in [4.69, 9.17) is 9.47 Å². The van der Waals surface area contributed by atoms with E-state index in [-0.39, 0.29) is 12.3 Å². The summed E-state index contributed by atoms with van der Waals surface area (Å²) >= 11 is 0. The third-order valence-electron chi connectivity index (χ3n) is 4.49. The molecule has 1 aliphatic rings. The first-order chi connectivity index (χ1) is 12.7. The molecule has 0 radical (unpaired) electrons. The van der Waals surface area contributed by atoms with Crippen LogP contribution >= 0.6 is 0 Å². The van der Waals surface area contributed by atoms with Gasteiger partial charge in [-0.2, -0.15) is 0 Å². The second-order valence-electron chi connectivity index (χ2n) is 6.17. The van der Waals surface area contributed by atoms with Gasteiger partial charge >= 0.3 is 0 Å². The fourth-order valence-corrected chi connectivity index (χ4v) is 3.09. The lowest BCUT2D eigenvalue weighted by Crippen LogP contribution is -2.37. The van der Waals surface area contributed by atoms with E-state index >= 15 is 0 Å². The predicted molar refractivity (Wildman–Crippen MR) is 104 cm³/mol. The van der Waals surface area contributed by atoms with Gasteiger partial charge in [0.1, 0.15) is 5.84 Å². The van der Waals surface area contributed by atoms with Crippen molar-refractivity contribution in [2.45, 2.75) is 19.3 Å². The first-order valence-corrected chi connectivity index (χ1v) is 8.84. The van der Waals surface area contributed by atoms with Gasteiger partial charge in [-0.3, -0.25) is 9.79 Å². The van der Waals surface area contributed by atoms with Crippen LogP contribution in [0.2, 0.25) is 0 Å². The van der Waals surface area contributed by atoms with Crippen molar-refractivity contribution in [2.24, 2.45) is 4.99 Å². The Labute approximate surface area is 154 Å². The van der Waals surface area contributed by atoms with Crippen LogP contribution in [0.3, 0.4) is 0 Å². The molecule has 0 aromatic heterocycles. The van der Waals surface area contributed by atoms with Crippen molar-refractivity contribution in [1.29, 1.82) is 0 Å². The Kier molecular flexibility index (Phi) is 5.89. The number of ether oxygens (including phenoxy) is 2. The summed E-state index contributed by atoms with van der Waals surface area (Å²) < 4.78 is 10.6. The van der Waals surface area contributed by atoms with Gasteiger partial charge in [0.2, 0.25) is 0 Å². The van der Waals surface area contributed by atoms with Crippen LogP contribution in [-0.2, 0) is 0 Å². The highest BCUT2D eigenvalue weighted by Gasteiger charge is 2.20. The summed E-state index contributed by atoms with van der Waals surface area (Å²) in [5.41, 5.74) is 1.59. The Hall–Kier alpha value is -2.82. The lowest BCUT2D eigenvalue weighted by Gasteiger charge is -2.28. The molecule has 5 nitrogen and oxygen atoms in total. The molecule has 2 aromatic rings. The van der Waals surface area contributed by atoms with Crippen LogP contribution in [0.4, 0.5) is 5.69 Å². The number of rotatable bonds is 6. The minimum Gasteiger partial charge on any atom is -0.493 e. The zero-order valence-corrected chi connectivity index (χ0v) is 15.3. The Balaban J connectivity index is 1.87. The van der Waals surface area contributed by atoms with Crippen LogP contribution < -0.4 is 14.4 Å². The number of methoxy groups -OCH3 is 2. The standard InChI is InChI=1S/C21H24N2O3/c1-25-19-12-11-16(14-20(19)26-2)18(24)15-23(17-8-4-3-5-9-17)21-10-6-7-13-22-21/h3-5,8-9,11-12,14H,6-7,10,13,15H2,1-2H3. The molecule has 0 unspecified atom stereocenters. The molecule has 136 valence electrons. The number of ketones is 1. The summed E-state index contributed by atoms with van der Waals surface area (Å²) in [6.45, 7) is 1.07. The maximum atomic E-state index is 12.9. The van der Waals surface area contributed by atoms with Crippen molar-refractivity contribution in [1.82, 2.24) is 0 Å². The van der Waals surface area contributed by atoms with Crippen molar-refractivity contribution in [3.8, 4) is 11.5 Å². The third kappa shape index (κ3) is 4.04. The van der Waals surface area contributed by atoms with E-state index in [2.05, 4.69) is 4.99 Å². The van der Waals surface area contributed by atoms with Crippen molar-refractivity contribution in [3.05, 3.63) is 54.1 Å². The summed E-state index contributed by atoms with van der Waals surface area (Å²) in [6, 6.07) is 15.2. The van der Waals surface area contributed by atoms with E-state index in [0.717, 1.165) is 37.3 Å². The molecule has 0 fully saturated rings. The molecular formula is C21H24N2O3. The lowest BCUT2D eigenvalue weighted by atomic mass is 10.1. The van der Waals surface area contributed by atoms with Gasteiger partial charge in [0, 0.05) is 24.2 Å². The zero-order chi connectivity index (χ0) is 18.4. The number of benzene rings is 2. The lowest BCUT2D eigenvalue weighted by molar-refractivity contribution is 0.100. The average Bonchev–Trinajstić information content (AvgIpc) is 2.72.